The molecule has 5 nitrogen and oxygen atoms in total. The minimum absolute atomic E-state index is 0. The second kappa shape index (κ2) is 5.77. The Morgan fingerprint density at radius 3 is 2.42 bits per heavy atom. The van der Waals surface area contributed by atoms with Gasteiger partial charge < -0.3 is 16.4 Å². The zero-order chi connectivity index (χ0) is 13.3. The number of hydrogen-bond donors (Lipinski definition) is 3. The summed E-state index contributed by atoms with van der Waals surface area (Å²) in [7, 11) is 0. The van der Waals surface area contributed by atoms with Crippen molar-refractivity contribution in [2.24, 2.45) is 5.73 Å². The number of nitrogens with two attached hydrogens (primary N) is 1. The fraction of sp³-hybridized carbons (Fsp3) is 0.333. The summed E-state index contributed by atoms with van der Waals surface area (Å²) >= 11 is 5.99. The molecule has 104 valence electrons. The molecule has 1 aromatic rings. The molecule has 1 aliphatic rings. The molecule has 19 heavy (non-hydrogen) atoms. The molecule has 0 unspecified atom stereocenters. The third-order valence-electron chi connectivity index (χ3n) is 2.78. The van der Waals surface area contributed by atoms with Gasteiger partial charge in [0, 0.05) is 12.6 Å². The van der Waals surface area contributed by atoms with E-state index in [4.69, 9.17) is 17.3 Å². The molecule has 0 aromatic heterocycles. The summed E-state index contributed by atoms with van der Waals surface area (Å²) in [5, 5.41) is 5.66. The molecule has 1 aromatic carbocycles. The first-order valence-corrected chi connectivity index (χ1v) is 5.96. The first-order chi connectivity index (χ1) is 8.40. The third-order valence-corrected chi connectivity index (χ3v) is 3.09. The van der Waals surface area contributed by atoms with E-state index in [2.05, 4.69) is 10.6 Å². The quantitative estimate of drug-likeness (QED) is 0.800. The van der Waals surface area contributed by atoms with Crippen molar-refractivity contribution in [2.75, 3.05) is 10.6 Å². The van der Waals surface area contributed by atoms with Gasteiger partial charge in [0.1, 0.15) is 0 Å². The number of nitrogens with one attached hydrogen (secondary N) is 2. The van der Waals surface area contributed by atoms with Gasteiger partial charge in [0.05, 0.1) is 16.2 Å². The monoisotopic (exact) mass is 303 g/mol. The maximum Gasteiger partial charge on any atom is 0.244 e. The van der Waals surface area contributed by atoms with Crippen LogP contribution in [-0.2, 0) is 9.59 Å². The molecule has 0 bridgehead atoms. The van der Waals surface area contributed by atoms with E-state index in [1.54, 1.807) is 18.2 Å². The first kappa shape index (κ1) is 15.8. The topological polar surface area (TPSA) is 84.2 Å². The number of rotatable bonds is 3. The molecular weight excluding hydrogens is 289 g/mol. The first-order valence-electron chi connectivity index (χ1n) is 5.58. The van der Waals surface area contributed by atoms with Crippen molar-refractivity contribution in [1.29, 1.82) is 0 Å². The minimum atomic E-state index is -0.719. The molecular formula is C12H15Cl2N3O2. The van der Waals surface area contributed by atoms with E-state index in [1.165, 1.54) is 6.92 Å². The molecule has 1 aliphatic carbocycles. The average Bonchev–Trinajstić information content (AvgIpc) is 3.01. The highest BCUT2D eigenvalue weighted by atomic mass is 35.5. The van der Waals surface area contributed by atoms with Crippen LogP contribution >= 0.6 is 24.0 Å². The van der Waals surface area contributed by atoms with Crippen LogP contribution in [0, 0.1) is 0 Å². The van der Waals surface area contributed by atoms with Crippen molar-refractivity contribution in [2.45, 2.75) is 25.3 Å². The fourth-order valence-corrected chi connectivity index (χ4v) is 1.73. The van der Waals surface area contributed by atoms with Gasteiger partial charge in [-0.15, -0.1) is 12.4 Å². The van der Waals surface area contributed by atoms with Crippen LogP contribution in [0.5, 0.6) is 0 Å². The molecule has 0 saturated heterocycles. The van der Waals surface area contributed by atoms with Gasteiger partial charge in [-0.05, 0) is 31.0 Å². The van der Waals surface area contributed by atoms with Crippen LogP contribution in [0.2, 0.25) is 5.02 Å². The molecule has 1 fully saturated rings. The molecule has 0 aliphatic heterocycles. The lowest BCUT2D eigenvalue weighted by Gasteiger charge is -2.11. The maximum atomic E-state index is 11.7. The molecule has 0 heterocycles. The number of amides is 2. The molecule has 0 spiro atoms. The summed E-state index contributed by atoms with van der Waals surface area (Å²) in [6, 6.07) is 4.88. The SMILES string of the molecule is CC(=O)Nc1ccc(NC(=O)C2(N)CC2)cc1Cl.Cl. The smallest absolute Gasteiger partial charge is 0.244 e. The number of hydrogen-bond acceptors (Lipinski definition) is 3. The van der Waals surface area contributed by atoms with Gasteiger partial charge in [0.2, 0.25) is 11.8 Å². The standard InChI is InChI=1S/C12H14ClN3O2.ClH/c1-7(17)15-10-3-2-8(6-9(10)13)16-11(18)12(14)4-5-12;/h2-3,6H,4-5,14H2,1H3,(H,15,17)(H,16,18);1H. The highest BCUT2D eigenvalue weighted by molar-refractivity contribution is 6.34. The molecule has 7 heteroatoms. The Labute approximate surface area is 122 Å². The Hall–Kier alpha value is -1.30. The summed E-state index contributed by atoms with van der Waals surface area (Å²) < 4.78 is 0. The Bertz CT molecular complexity index is 516. The largest absolute Gasteiger partial charge is 0.325 e. The fourth-order valence-electron chi connectivity index (χ4n) is 1.50. The van der Waals surface area contributed by atoms with Crippen molar-refractivity contribution in [1.82, 2.24) is 0 Å². The van der Waals surface area contributed by atoms with Crippen molar-refractivity contribution < 1.29 is 9.59 Å². The molecule has 0 atom stereocenters. The second-order valence-electron chi connectivity index (χ2n) is 4.49. The molecule has 0 radical (unpaired) electrons. The Balaban J connectivity index is 0.00000180. The van der Waals surface area contributed by atoms with Crippen molar-refractivity contribution in [3.05, 3.63) is 23.2 Å². The predicted octanol–water partition coefficient (Wildman–Crippen LogP) is 2.15. The number of carbonyl (C=O) groups excluding carboxylic acids is 2. The summed E-state index contributed by atoms with van der Waals surface area (Å²) in [5.41, 5.74) is 6.13. The van der Waals surface area contributed by atoms with Crippen molar-refractivity contribution in [3.8, 4) is 0 Å². The van der Waals surface area contributed by atoms with Crippen LogP contribution in [-0.4, -0.2) is 17.4 Å². The van der Waals surface area contributed by atoms with Gasteiger partial charge in [0.15, 0.2) is 0 Å². The molecule has 2 rings (SSSR count). The minimum Gasteiger partial charge on any atom is -0.325 e. The van der Waals surface area contributed by atoms with Gasteiger partial charge in [-0.1, -0.05) is 11.6 Å². The van der Waals surface area contributed by atoms with Crippen LogP contribution in [0.3, 0.4) is 0 Å². The van der Waals surface area contributed by atoms with Crippen molar-refractivity contribution in [3.63, 3.8) is 0 Å². The van der Waals surface area contributed by atoms with Gasteiger partial charge >= 0.3 is 0 Å². The van der Waals surface area contributed by atoms with Gasteiger partial charge in [-0.2, -0.15) is 0 Å². The lowest BCUT2D eigenvalue weighted by Crippen LogP contribution is -2.37. The van der Waals surface area contributed by atoms with Crippen LogP contribution in [0.15, 0.2) is 18.2 Å². The summed E-state index contributed by atoms with van der Waals surface area (Å²) in [6.07, 6.45) is 1.41. The zero-order valence-electron chi connectivity index (χ0n) is 10.3. The zero-order valence-corrected chi connectivity index (χ0v) is 11.9. The Morgan fingerprint density at radius 2 is 1.95 bits per heavy atom. The van der Waals surface area contributed by atoms with Crippen LogP contribution in [0.4, 0.5) is 11.4 Å². The van der Waals surface area contributed by atoms with Gasteiger partial charge in [-0.3, -0.25) is 9.59 Å². The van der Waals surface area contributed by atoms with E-state index in [0.29, 0.717) is 29.2 Å². The summed E-state index contributed by atoms with van der Waals surface area (Å²) in [6.45, 7) is 1.40. The second-order valence-corrected chi connectivity index (χ2v) is 4.89. The number of anilines is 2. The summed E-state index contributed by atoms with van der Waals surface area (Å²) in [4.78, 5) is 22.6. The van der Waals surface area contributed by atoms with E-state index in [-0.39, 0.29) is 24.2 Å². The average molecular weight is 304 g/mol. The lowest BCUT2D eigenvalue weighted by atomic mass is 10.2. The Morgan fingerprint density at radius 1 is 1.32 bits per heavy atom. The maximum absolute atomic E-state index is 11.7. The highest BCUT2D eigenvalue weighted by Gasteiger charge is 2.45. The van der Waals surface area contributed by atoms with E-state index in [1.807, 2.05) is 0 Å². The lowest BCUT2D eigenvalue weighted by molar-refractivity contribution is -0.118. The molecule has 4 N–H and O–H groups in total. The molecule has 2 amide bonds. The van der Waals surface area contributed by atoms with Crippen LogP contribution in [0.25, 0.3) is 0 Å². The number of carbonyl (C=O) groups is 2. The normalized spacial score (nSPS) is 15.1. The predicted molar refractivity (Wildman–Crippen MR) is 77.8 cm³/mol. The number of benzene rings is 1. The summed E-state index contributed by atoms with van der Waals surface area (Å²) in [5.74, 6) is -0.404. The van der Waals surface area contributed by atoms with Crippen LogP contribution in [0.1, 0.15) is 19.8 Å². The Kier molecular flexibility index (Phi) is 4.79. The third kappa shape index (κ3) is 3.83. The molecule has 1 saturated carbocycles. The van der Waals surface area contributed by atoms with Gasteiger partial charge in [-0.25, -0.2) is 0 Å². The highest BCUT2D eigenvalue weighted by Crippen LogP contribution is 2.34. The van der Waals surface area contributed by atoms with Crippen LogP contribution < -0.4 is 16.4 Å². The van der Waals surface area contributed by atoms with Crippen molar-refractivity contribution >= 4 is 47.2 Å². The van der Waals surface area contributed by atoms with E-state index >= 15 is 0 Å². The van der Waals surface area contributed by atoms with E-state index < -0.39 is 5.54 Å². The van der Waals surface area contributed by atoms with E-state index in [9.17, 15) is 9.59 Å². The van der Waals surface area contributed by atoms with E-state index in [0.717, 1.165) is 0 Å². The number of halogens is 2. The van der Waals surface area contributed by atoms with Gasteiger partial charge in [0.25, 0.3) is 0 Å².